The van der Waals surface area contributed by atoms with Crippen molar-refractivity contribution in [2.24, 2.45) is 5.41 Å². The molecule has 74 valence electrons. The monoisotopic (exact) mass is 191 g/mol. The van der Waals surface area contributed by atoms with E-state index in [0.29, 0.717) is 0 Å². The summed E-state index contributed by atoms with van der Waals surface area (Å²) >= 11 is 0. The third-order valence-corrected chi connectivity index (χ3v) is 1.87. The average molecular weight is 191 g/mol. The zero-order chi connectivity index (χ0) is 10.8. The van der Waals surface area contributed by atoms with Gasteiger partial charge in [-0.2, -0.15) is 0 Å². The van der Waals surface area contributed by atoms with Crippen LogP contribution in [0.15, 0.2) is 18.2 Å². The fraction of sp³-hybridized carbons (Fsp3) is 0.417. The summed E-state index contributed by atoms with van der Waals surface area (Å²) in [5.74, 6) is -0.433. The van der Waals surface area contributed by atoms with Crippen molar-refractivity contribution in [3.63, 3.8) is 0 Å². The molecule has 0 N–H and O–H groups in total. The average Bonchev–Trinajstić information content (AvgIpc) is 2.06. The summed E-state index contributed by atoms with van der Waals surface area (Å²) < 4.78 is 13.0. The van der Waals surface area contributed by atoms with E-state index in [4.69, 9.17) is 6.57 Å². The molecule has 0 radical (unpaired) electrons. The molecular weight excluding hydrogens is 177 g/mol. The minimum absolute atomic E-state index is 0.117. The Morgan fingerprint density at radius 1 is 1.36 bits per heavy atom. The molecule has 0 bridgehead atoms. The van der Waals surface area contributed by atoms with E-state index >= 15 is 0 Å². The minimum atomic E-state index is -0.433. The summed E-state index contributed by atoms with van der Waals surface area (Å²) in [6.45, 7) is 13.2. The Hall–Kier alpha value is -1.36. The highest BCUT2D eigenvalue weighted by atomic mass is 19.1. The number of hydrogen-bond donors (Lipinski definition) is 0. The summed E-state index contributed by atoms with van der Waals surface area (Å²) in [5, 5.41) is 0. The van der Waals surface area contributed by atoms with E-state index in [1.807, 2.05) is 0 Å². The van der Waals surface area contributed by atoms with Crippen LogP contribution in [0.4, 0.5) is 10.1 Å². The van der Waals surface area contributed by atoms with Gasteiger partial charge in [-0.15, -0.1) is 0 Å². The van der Waals surface area contributed by atoms with Gasteiger partial charge in [0.05, 0.1) is 6.57 Å². The molecule has 0 aliphatic heterocycles. The Bertz CT molecular complexity index is 369. The second-order valence-electron chi connectivity index (χ2n) is 4.64. The van der Waals surface area contributed by atoms with E-state index in [1.165, 1.54) is 6.07 Å². The van der Waals surface area contributed by atoms with Gasteiger partial charge in [0.1, 0.15) is 5.82 Å². The van der Waals surface area contributed by atoms with E-state index < -0.39 is 5.82 Å². The number of benzene rings is 1. The molecule has 0 heterocycles. The Morgan fingerprint density at radius 2 is 2.00 bits per heavy atom. The van der Waals surface area contributed by atoms with Crippen molar-refractivity contribution in [1.29, 1.82) is 0 Å². The standard InChI is InChI=1S/C12H14FN/c1-12(2,3)8-9-5-6-10(13)11(7-9)14-4/h5-7H,8H2,1-3H3. The van der Waals surface area contributed by atoms with Crippen molar-refractivity contribution in [2.45, 2.75) is 27.2 Å². The molecule has 0 atom stereocenters. The van der Waals surface area contributed by atoms with Gasteiger partial charge in [0.25, 0.3) is 0 Å². The first kappa shape index (κ1) is 10.7. The van der Waals surface area contributed by atoms with Gasteiger partial charge < -0.3 is 0 Å². The van der Waals surface area contributed by atoms with E-state index in [0.717, 1.165) is 12.0 Å². The van der Waals surface area contributed by atoms with Crippen LogP contribution >= 0.6 is 0 Å². The summed E-state index contributed by atoms with van der Waals surface area (Å²) in [6, 6.07) is 4.75. The highest BCUT2D eigenvalue weighted by Crippen LogP contribution is 2.25. The lowest BCUT2D eigenvalue weighted by atomic mass is 9.88. The first-order chi connectivity index (χ1) is 6.42. The fourth-order valence-corrected chi connectivity index (χ4v) is 1.37. The zero-order valence-electron chi connectivity index (χ0n) is 8.76. The van der Waals surface area contributed by atoms with Crippen LogP contribution < -0.4 is 0 Å². The molecule has 1 aromatic rings. The number of nitrogens with zero attached hydrogens (tertiary/aromatic N) is 1. The van der Waals surface area contributed by atoms with Crippen LogP contribution in [0.1, 0.15) is 26.3 Å². The summed E-state index contributed by atoms with van der Waals surface area (Å²) in [7, 11) is 0. The molecule has 0 saturated heterocycles. The second-order valence-corrected chi connectivity index (χ2v) is 4.64. The van der Waals surface area contributed by atoms with Crippen LogP contribution in [0.3, 0.4) is 0 Å². The van der Waals surface area contributed by atoms with Crippen LogP contribution in [0.25, 0.3) is 4.85 Å². The predicted molar refractivity (Wildman–Crippen MR) is 55.8 cm³/mol. The number of halogens is 1. The SMILES string of the molecule is [C-]#[N+]c1cc(CC(C)(C)C)ccc1F. The normalized spacial score (nSPS) is 11.1. The van der Waals surface area contributed by atoms with E-state index in [1.54, 1.807) is 12.1 Å². The highest BCUT2D eigenvalue weighted by molar-refractivity contribution is 5.48. The van der Waals surface area contributed by atoms with Crippen molar-refractivity contribution < 1.29 is 4.39 Å². The van der Waals surface area contributed by atoms with Gasteiger partial charge in [-0.25, -0.2) is 9.24 Å². The second kappa shape index (κ2) is 3.79. The van der Waals surface area contributed by atoms with E-state index in [2.05, 4.69) is 25.6 Å². The molecule has 0 unspecified atom stereocenters. The molecule has 1 nitrogen and oxygen atoms in total. The molecule has 0 fully saturated rings. The largest absolute Gasteiger partial charge is 0.235 e. The van der Waals surface area contributed by atoms with Crippen molar-refractivity contribution in [3.8, 4) is 0 Å². The molecule has 1 aromatic carbocycles. The quantitative estimate of drug-likeness (QED) is 0.592. The maximum atomic E-state index is 13.0. The summed E-state index contributed by atoms with van der Waals surface area (Å²) in [5.41, 5.74) is 1.30. The van der Waals surface area contributed by atoms with Crippen molar-refractivity contribution >= 4 is 5.69 Å². The molecule has 0 amide bonds. The van der Waals surface area contributed by atoms with Crippen LogP contribution in [0.2, 0.25) is 0 Å². The lowest BCUT2D eigenvalue weighted by Crippen LogP contribution is -2.08. The van der Waals surface area contributed by atoms with Gasteiger partial charge in [0, 0.05) is 0 Å². The molecule has 0 aromatic heterocycles. The maximum Gasteiger partial charge on any atom is 0.222 e. The molecule has 0 aliphatic rings. The first-order valence-electron chi connectivity index (χ1n) is 4.58. The molecular formula is C12H14FN. The van der Waals surface area contributed by atoms with Crippen LogP contribution in [-0.2, 0) is 6.42 Å². The van der Waals surface area contributed by atoms with E-state index in [-0.39, 0.29) is 11.1 Å². The van der Waals surface area contributed by atoms with Gasteiger partial charge >= 0.3 is 0 Å². The summed E-state index contributed by atoms with van der Waals surface area (Å²) in [6.07, 6.45) is 0.857. The molecule has 0 saturated carbocycles. The molecule has 0 spiro atoms. The highest BCUT2D eigenvalue weighted by Gasteiger charge is 2.12. The Kier molecular flexibility index (Phi) is 2.90. The Morgan fingerprint density at radius 3 is 2.50 bits per heavy atom. The molecule has 14 heavy (non-hydrogen) atoms. The third kappa shape index (κ3) is 2.85. The Balaban J connectivity index is 2.97. The van der Waals surface area contributed by atoms with Gasteiger partial charge in [-0.1, -0.05) is 38.5 Å². The van der Waals surface area contributed by atoms with Gasteiger partial charge in [0.2, 0.25) is 5.69 Å². The van der Waals surface area contributed by atoms with Crippen LogP contribution in [0.5, 0.6) is 0 Å². The van der Waals surface area contributed by atoms with Crippen molar-refractivity contribution in [1.82, 2.24) is 0 Å². The lowest BCUT2D eigenvalue weighted by Gasteiger charge is -2.18. The Labute approximate surface area is 84.4 Å². The number of hydrogen-bond acceptors (Lipinski definition) is 0. The third-order valence-electron chi connectivity index (χ3n) is 1.87. The number of rotatable bonds is 1. The fourth-order valence-electron chi connectivity index (χ4n) is 1.37. The smallest absolute Gasteiger partial charge is 0.222 e. The topological polar surface area (TPSA) is 4.36 Å². The van der Waals surface area contributed by atoms with Crippen LogP contribution in [-0.4, -0.2) is 0 Å². The van der Waals surface area contributed by atoms with Crippen molar-refractivity contribution in [2.75, 3.05) is 0 Å². The van der Waals surface area contributed by atoms with Crippen molar-refractivity contribution in [3.05, 3.63) is 41.0 Å². The molecule has 0 aliphatic carbocycles. The van der Waals surface area contributed by atoms with Gasteiger partial charge in [0.15, 0.2) is 0 Å². The van der Waals surface area contributed by atoms with Crippen LogP contribution in [0, 0.1) is 17.8 Å². The molecule has 1 rings (SSSR count). The minimum Gasteiger partial charge on any atom is -0.235 e. The van der Waals surface area contributed by atoms with Gasteiger partial charge in [-0.3, -0.25) is 0 Å². The molecule has 2 heteroatoms. The maximum absolute atomic E-state index is 13.0. The lowest BCUT2D eigenvalue weighted by molar-refractivity contribution is 0.411. The first-order valence-corrected chi connectivity index (χ1v) is 4.58. The predicted octanol–water partition coefficient (Wildman–Crippen LogP) is 3.97. The zero-order valence-corrected chi connectivity index (χ0v) is 8.76. The van der Waals surface area contributed by atoms with Gasteiger partial charge in [-0.05, 0) is 17.9 Å². The van der Waals surface area contributed by atoms with E-state index in [9.17, 15) is 4.39 Å². The summed E-state index contributed by atoms with van der Waals surface area (Å²) in [4.78, 5) is 3.14.